The fraction of sp³-hybridized carbons (Fsp3) is 0.538. The number of rotatable bonds is 1. The zero-order chi connectivity index (χ0) is 10.3. The van der Waals surface area contributed by atoms with Crippen LogP contribution in [-0.4, -0.2) is 19.2 Å². The minimum atomic E-state index is 0.294. The van der Waals surface area contributed by atoms with E-state index in [1.807, 2.05) is 0 Å². The second-order valence-corrected chi connectivity index (χ2v) is 4.59. The summed E-state index contributed by atoms with van der Waals surface area (Å²) in [5, 5.41) is 3.45. The number of benzene rings is 1. The van der Waals surface area contributed by atoms with Crippen molar-refractivity contribution in [1.82, 2.24) is 5.32 Å². The van der Waals surface area contributed by atoms with E-state index in [1.54, 1.807) is 0 Å². The van der Waals surface area contributed by atoms with Gasteiger partial charge >= 0.3 is 0 Å². The number of fused-ring (bicyclic) bond motifs is 1. The van der Waals surface area contributed by atoms with Crippen LogP contribution in [0.5, 0.6) is 0 Å². The SMILES string of the molecule is Cc1ccc2c(c1)[C@H]([C@@H]1CCN1)OCC2. The van der Waals surface area contributed by atoms with Gasteiger partial charge in [-0.15, -0.1) is 0 Å². The lowest BCUT2D eigenvalue weighted by Gasteiger charge is -2.38. The monoisotopic (exact) mass is 203 g/mol. The number of aryl methyl sites for hydroxylation is 1. The molecule has 2 atom stereocenters. The predicted octanol–water partition coefficient (Wildman–Crippen LogP) is 1.97. The molecule has 1 aromatic rings. The summed E-state index contributed by atoms with van der Waals surface area (Å²) in [6.45, 7) is 4.17. The van der Waals surface area contributed by atoms with E-state index in [4.69, 9.17) is 4.74 Å². The molecule has 0 saturated carbocycles. The number of hydrogen-bond acceptors (Lipinski definition) is 2. The van der Waals surface area contributed by atoms with Crippen molar-refractivity contribution in [2.45, 2.75) is 31.9 Å². The Morgan fingerprint density at radius 1 is 1.40 bits per heavy atom. The maximum atomic E-state index is 5.90. The summed E-state index contributed by atoms with van der Waals surface area (Å²) in [5.74, 6) is 0. The molecular formula is C13H17NO. The van der Waals surface area contributed by atoms with E-state index >= 15 is 0 Å². The van der Waals surface area contributed by atoms with Crippen molar-refractivity contribution in [3.63, 3.8) is 0 Å². The summed E-state index contributed by atoms with van der Waals surface area (Å²) >= 11 is 0. The fourth-order valence-electron chi connectivity index (χ4n) is 2.49. The standard InChI is InChI=1S/C13H17NO/c1-9-2-3-10-5-7-15-13(11(10)8-9)12-4-6-14-12/h2-3,8,12-14H,4-7H2,1H3/t12-,13+/m0/s1. The highest BCUT2D eigenvalue weighted by atomic mass is 16.5. The number of hydrogen-bond donors (Lipinski definition) is 1. The van der Waals surface area contributed by atoms with E-state index in [-0.39, 0.29) is 0 Å². The van der Waals surface area contributed by atoms with Crippen LogP contribution >= 0.6 is 0 Å². The van der Waals surface area contributed by atoms with Crippen LogP contribution in [0.15, 0.2) is 18.2 Å². The van der Waals surface area contributed by atoms with E-state index in [0.717, 1.165) is 19.6 Å². The molecule has 80 valence electrons. The Morgan fingerprint density at radius 2 is 2.27 bits per heavy atom. The molecule has 2 heteroatoms. The molecule has 0 unspecified atom stereocenters. The molecule has 2 aliphatic rings. The molecule has 1 N–H and O–H groups in total. The topological polar surface area (TPSA) is 21.3 Å². The molecule has 2 nitrogen and oxygen atoms in total. The van der Waals surface area contributed by atoms with E-state index < -0.39 is 0 Å². The van der Waals surface area contributed by atoms with Gasteiger partial charge < -0.3 is 10.1 Å². The molecule has 0 spiro atoms. The van der Waals surface area contributed by atoms with E-state index in [1.165, 1.54) is 23.1 Å². The third-order valence-electron chi connectivity index (χ3n) is 3.50. The number of ether oxygens (including phenoxy) is 1. The molecule has 1 saturated heterocycles. The second-order valence-electron chi connectivity index (χ2n) is 4.59. The lowest BCUT2D eigenvalue weighted by Crippen LogP contribution is -2.48. The Kier molecular flexibility index (Phi) is 2.26. The molecule has 0 radical (unpaired) electrons. The van der Waals surface area contributed by atoms with Crippen molar-refractivity contribution < 1.29 is 4.74 Å². The van der Waals surface area contributed by atoms with Crippen LogP contribution in [0.25, 0.3) is 0 Å². The van der Waals surface area contributed by atoms with Crippen LogP contribution in [0.3, 0.4) is 0 Å². The Morgan fingerprint density at radius 3 is 3.00 bits per heavy atom. The van der Waals surface area contributed by atoms with E-state index in [2.05, 4.69) is 30.4 Å². The van der Waals surface area contributed by atoms with Crippen molar-refractivity contribution in [2.24, 2.45) is 0 Å². The smallest absolute Gasteiger partial charge is 0.0981 e. The minimum absolute atomic E-state index is 0.294. The summed E-state index contributed by atoms with van der Waals surface area (Å²) < 4.78 is 5.90. The van der Waals surface area contributed by atoms with Gasteiger partial charge in [0.25, 0.3) is 0 Å². The first-order valence-corrected chi connectivity index (χ1v) is 5.79. The predicted molar refractivity (Wildman–Crippen MR) is 60.0 cm³/mol. The number of nitrogens with one attached hydrogen (secondary N) is 1. The highest BCUT2D eigenvalue weighted by Crippen LogP contribution is 2.33. The summed E-state index contributed by atoms with van der Waals surface area (Å²) in [5.41, 5.74) is 4.23. The average Bonchev–Trinajstić information content (AvgIpc) is 2.16. The molecular weight excluding hydrogens is 186 g/mol. The average molecular weight is 203 g/mol. The Bertz CT molecular complexity index is 371. The van der Waals surface area contributed by atoms with Gasteiger partial charge in [-0.05, 0) is 37.4 Å². The molecule has 0 aromatic heterocycles. The lowest BCUT2D eigenvalue weighted by molar-refractivity contribution is -0.00153. The molecule has 3 rings (SSSR count). The van der Waals surface area contributed by atoms with Gasteiger partial charge in [0.05, 0.1) is 12.7 Å². The molecule has 1 aromatic carbocycles. The summed E-state index contributed by atoms with van der Waals surface area (Å²) in [7, 11) is 0. The van der Waals surface area contributed by atoms with E-state index in [9.17, 15) is 0 Å². The normalized spacial score (nSPS) is 29.4. The molecule has 0 amide bonds. The van der Waals surface area contributed by atoms with Crippen LogP contribution < -0.4 is 5.32 Å². The van der Waals surface area contributed by atoms with Gasteiger partial charge in [-0.25, -0.2) is 0 Å². The van der Waals surface area contributed by atoms with Gasteiger partial charge in [0.2, 0.25) is 0 Å². The maximum Gasteiger partial charge on any atom is 0.0981 e. The Balaban J connectivity index is 1.96. The summed E-state index contributed by atoms with van der Waals surface area (Å²) in [4.78, 5) is 0. The van der Waals surface area contributed by atoms with Crippen LogP contribution in [0.2, 0.25) is 0 Å². The van der Waals surface area contributed by atoms with Gasteiger partial charge in [0.15, 0.2) is 0 Å². The zero-order valence-electron chi connectivity index (χ0n) is 9.12. The van der Waals surface area contributed by atoms with E-state index in [0.29, 0.717) is 12.1 Å². The third kappa shape index (κ3) is 1.58. The highest BCUT2D eigenvalue weighted by molar-refractivity contribution is 5.35. The fourth-order valence-corrected chi connectivity index (χ4v) is 2.49. The highest BCUT2D eigenvalue weighted by Gasteiger charge is 2.32. The lowest BCUT2D eigenvalue weighted by atomic mass is 9.88. The largest absolute Gasteiger partial charge is 0.372 e. The first-order chi connectivity index (χ1) is 7.34. The van der Waals surface area contributed by atoms with Gasteiger partial charge in [0, 0.05) is 6.04 Å². The molecule has 0 aliphatic carbocycles. The molecule has 15 heavy (non-hydrogen) atoms. The van der Waals surface area contributed by atoms with Crippen LogP contribution in [0.1, 0.15) is 29.2 Å². The first-order valence-electron chi connectivity index (χ1n) is 5.79. The van der Waals surface area contributed by atoms with Gasteiger partial charge in [-0.3, -0.25) is 0 Å². The Hall–Kier alpha value is -0.860. The zero-order valence-corrected chi connectivity index (χ0v) is 9.12. The van der Waals surface area contributed by atoms with Crippen molar-refractivity contribution >= 4 is 0 Å². The van der Waals surface area contributed by atoms with Crippen LogP contribution in [0, 0.1) is 6.92 Å². The quantitative estimate of drug-likeness (QED) is 0.753. The third-order valence-corrected chi connectivity index (χ3v) is 3.50. The van der Waals surface area contributed by atoms with Crippen molar-refractivity contribution in [1.29, 1.82) is 0 Å². The van der Waals surface area contributed by atoms with Crippen LogP contribution in [0.4, 0.5) is 0 Å². The van der Waals surface area contributed by atoms with Gasteiger partial charge in [-0.2, -0.15) is 0 Å². The first kappa shape index (κ1) is 9.37. The molecule has 2 aliphatic heterocycles. The van der Waals surface area contributed by atoms with Crippen LogP contribution in [-0.2, 0) is 11.2 Å². The van der Waals surface area contributed by atoms with Crippen molar-refractivity contribution in [3.05, 3.63) is 34.9 Å². The summed E-state index contributed by atoms with van der Waals surface area (Å²) in [6.07, 6.45) is 2.61. The van der Waals surface area contributed by atoms with Crippen molar-refractivity contribution in [3.8, 4) is 0 Å². The summed E-state index contributed by atoms with van der Waals surface area (Å²) in [6, 6.07) is 7.30. The molecule has 0 bridgehead atoms. The van der Waals surface area contributed by atoms with Gasteiger partial charge in [0.1, 0.15) is 0 Å². The minimum Gasteiger partial charge on any atom is -0.372 e. The molecule has 2 heterocycles. The Labute approximate surface area is 90.6 Å². The second kappa shape index (κ2) is 3.62. The maximum absolute atomic E-state index is 5.90. The van der Waals surface area contributed by atoms with Gasteiger partial charge in [-0.1, -0.05) is 23.8 Å². The molecule has 1 fully saturated rings. The van der Waals surface area contributed by atoms with Crippen molar-refractivity contribution in [2.75, 3.05) is 13.2 Å².